The van der Waals surface area contributed by atoms with E-state index in [1.165, 1.54) is 0 Å². The number of halogens is 4. The second-order valence-electron chi connectivity index (χ2n) is 4.44. The van der Waals surface area contributed by atoms with E-state index in [9.17, 15) is 18.0 Å². The van der Waals surface area contributed by atoms with E-state index in [2.05, 4.69) is 15.9 Å². The van der Waals surface area contributed by atoms with E-state index in [0.29, 0.717) is 0 Å². The lowest BCUT2D eigenvalue weighted by molar-refractivity contribution is -0.191. The number of carbonyl (C=O) groups is 1. The number of alkyl halides is 4. The van der Waals surface area contributed by atoms with Gasteiger partial charge in [-0.3, -0.25) is 0 Å². The van der Waals surface area contributed by atoms with Crippen molar-refractivity contribution in [2.75, 3.05) is 11.9 Å². The van der Waals surface area contributed by atoms with Crippen LogP contribution in [0.1, 0.15) is 20.3 Å². The molecule has 1 aliphatic carbocycles. The standard InChI is InChI=1S/C12H16BrF3O2/c1-3-18-11(17)8-4-7(2)9(6-13)10(5-8)12(14,15)16/h4,7,9-10H,3,5-6H2,1-2H3/t7-,9?,10?/m0/s1. The van der Waals surface area contributed by atoms with E-state index in [0.717, 1.165) is 0 Å². The van der Waals surface area contributed by atoms with E-state index in [-0.39, 0.29) is 29.8 Å². The lowest BCUT2D eigenvalue weighted by atomic mass is 9.74. The van der Waals surface area contributed by atoms with Crippen LogP contribution < -0.4 is 0 Å². The zero-order valence-corrected chi connectivity index (χ0v) is 11.8. The number of esters is 1. The van der Waals surface area contributed by atoms with Gasteiger partial charge >= 0.3 is 12.1 Å². The molecule has 0 aromatic heterocycles. The van der Waals surface area contributed by atoms with Crippen molar-refractivity contribution in [3.8, 4) is 0 Å². The molecule has 0 aromatic rings. The number of allylic oxidation sites excluding steroid dienone is 1. The Morgan fingerprint density at radius 3 is 2.61 bits per heavy atom. The van der Waals surface area contributed by atoms with Gasteiger partial charge < -0.3 is 4.74 Å². The van der Waals surface area contributed by atoms with Crippen molar-refractivity contribution in [2.24, 2.45) is 17.8 Å². The van der Waals surface area contributed by atoms with Crippen LogP contribution in [-0.4, -0.2) is 24.1 Å². The molecule has 0 radical (unpaired) electrons. The Balaban J connectivity index is 2.96. The van der Waals surface area contributed by atoms with Gasteiger partial charge in [-0.15, -0.1) is 0 Å². The normalized spacial score (nSPS) is 28.8. The Labute approximate surface area is 113 Å². The summed E-state index contributed by atoms with van der Waals surface area (Å²) in [6, 6.07) is 0. The molecule has 0 heterocycles. The van der Waals surface area contributed by atoms with E-state index in [1.807, 2.05) is 0 Å². The van der Waals surface area contributed by atoms with Gasteiger partial charge in [0.25, 0.3) is 0 Å². The number of ether oxygens (including phenoxy) is 1. The van der Waals surface area contributed by atoms with Crippen LogP contribution in [0, 0.1) is 17.8 Å². The summed E-state index contributed by atoms with van der Waals surface area (Å²) in [6.45, 7) is 3.50. The van der Waals surface area contributed by atoms with Crippen LogP contribution in [0.15, 0.2) is 11.6 Å². The molecule has 1 rings (SSSR count). The Kier molecular flexibility index (Phi) is 5.25. The van der Waals surface area contributed by atoms with E-state index in [1.54, 1.807) is 19.9 Å². The Hall–Kier alpha value is -0.520. The topological polar surface area (TPSA) is 26.3 Å². The molecular weight excluding hydrogens is 313 g/mol. The highest BCUT2D eigenvalue weighted by Gasteiger charge is 2.48. The second-order valence-corrected chi connectivity index (χ2v) is 5.09. The molecule has 1 aliphatic rings. The SMILES string of the molecule is CCOC(=O)C1=C[C@H](C)C(CBr)C(C(F)(F)F)C1. The van der Waals surface area contributed by atoms with E-state index >= 15 is 0 Å². The van der Waals surface area contributed by atoms with Gasteiger partial charge in [0.1, 0.15) is 0 Å². The molecule has 0 saturated heterocycles. The molecule has 6 heteroatoms. The minimum Gasteiger partial charge on any atom is -0.463 e. The molecule has 0 amide bonds. The van der Waals surface area contributed by atoms with E-state index in [4.69, 9.17) is 4.74 Å². The smallest absolute Gasteiger partial charge is 0.392 e. The minimum atomic E-state index is -4.29. The van der Waals surface area contributed by atoms with Crippen molar-refractivity contribution in [3.63, 3.8) is 0 Å². The zero-order chi connectivity index (χ0) is 13.9. The molecule has 0 bridgehead atoms. The van der Waals surface area contributed by atoms with Crippen LogP contribution in [0.25, 0.3) is 0 Å². The van der Waals surface area contributed by atoms with Crippen LogP contribution in [0.4, 0.5) is 13.2 Å². The Bertz CT molecular complexity index is 339. The first-order valence-electron chi connectivity index (χ1n) is 5.81. The van der Waals surface area contributed by atoms with Crippen LogP contribution in [0.3, 0.4) is 0 Å². The molecule has 2 nitrogen and oxygen atoms in total. The predicted molar refractivity (Wildman–Crippen MR) is 65.3 cm³/mol. The number of carbonyl (C=O) groups excluding carboxylic acids is 1. The summed E-state index contributed by atoms with van der Waals surface area (Å²) in [5, 5.41) is 0.269. The molecule has 0 fully saturated rings. The highest BCUT2D eigenvalue weighted by atomic mass is 79.9. The van der Waals surface area contributed by atoms with Gasteiger partial charge in [-0.1, -0.05) is 28.9 Å². The van der Waals surface area contributed by atoms with Gasteiger partial charge in [-0.25, -0.2) is 4.79 Å². The Morgan fingerprint density at radius 1 is 1.56 bits per heavy atom. The summed E-state index contributed by atoms with van der Waals surface area (Å²) in [5.74, 6) is -2.96. The van der Waals surface area contributed by atoms with Crippen LogP contribution in [0.5, 0.6) is 0 Å². The van der Waals surface area contributed by atoms with Crippen LogP contribution in [-0.2, 0) is 9.53 Å². The summed E-state index contributed by atoms with van der Waals surface area (Å²) >= 11 is 3.13. The average molecular weight is 329 g/mol. The first-order chi connectivity index (χ1) is 8.31. The largest absolute Gasteiger partial charge is 0.463 e. The molecule has 0 N–H and O–H groups in total. The molecule has 0 aromatic carbocycles. The second kappa shape index (κ2) is 6.08. The first kappa shape index (κ1) is 15.5. The van der Waals surface area contributed by atoms with Crippen LogP contribution in [0.2, 0.25) is 0 Å². The van der Waals surface area contributed by atoms with Crippen molar-refractivity contribution in [1.29, 1.82) is 0 Å². The van der Waals surface area contributed by atoms with Gasteiger partial charge in [-0.2, -0.15) is 13.2 Å². The molecule has 0 saturated carbocycles. The summed E-state index contributed by atoms with van der Waals surface area (Å²) in [6.07, 6.45) is -2.98. The molecule has 0 spiro atoms. The maximum absolute atomic E-state index is 13.0. The third-order valence-electron chi connectivity index (χ3n) is 3.23. The molecule has 0 aliphatic heterocycles. The fourth-order valence-corrected chi connectivity index (χ4v) is 3.29. The monoisotopic (exact) mass is 328 g/mol. The third-order valence-corrected chi connectivity index (χ3v) is 3.98. The first-order valence-corrected chi connectivity index (χ1v) is 6.93. The van der Waals surface area contributed by atoms with Gasteiger partial charge in [0.2, 0.25) is 0 Å². The lowest BCUT2D eigenvalue weighted by Crippen LogP contribution is -2.38. The third kappa shape index (κ3) is 3.49. The predicted octanol–water partition coefficient (Wildman–Crippen LogP) is 3.71. The number of hydrogen-bond donors (Lipinski definition) is 0. The van der Waals surface area contributed by atoms with Crippen molar-refractivity contribution in [3.05, 3.63) is 11.6 Å². The molecular formula is C12H16BrF3O2. The summed E-state index contributed by atoms with van der Waals surface area (Å²) in [5.41, 5.74) is 0.142. The highest BCUT2D eigenvalue weighted by molar-refractivity contribution is 9.09. The lowest BCUT2D eigenvalue weighted by Gasteiger charge is -2.35. The van der Waals surface area contributed by atoms with Crippen molar-refractivity contribution < 1.29 is 22.7 Å². The fourth-order valence-electron chi connectivity index (χ4n) is 2.25. The number of hydrogen-bond acceptors (Lipinski definition) is 2. The van der Waals surface area contributed by atoms with E-state index < -0.39 is 24.0 Å². The average Bonchev–Trinajstić information content (AvgIpc) is 2.27. The summed E-state index contributed by atoms with van der Waals surface area (Å²) in [4.78, 5) is 11.5. The van der Waals surface area contributed by atoms with Crippen LogP contribution >= 0.6 is 15.9 Å². The van der Waals surface area contributed by atoms with Gasteiger partial charge in [0.15, 0.2) is 0 Å². The molecule has 2 unspecified atom stereocenters. The van der Waals surface area contributed by atoms with Crippen molar-refractivity contribution in [1.82, 2.24) is 0 Å². The molecule has 3 atom stereocenters. The van der Waals surface area contributed by atoms with Crippen molar-refractivity contribution in [2.45, 2.75) is 26.4 Å². The van der Waals surface area contributed by atoms with Gasteiger partial charge in [0, 0.05) is 10.9 Å². The maximum atomic E-state index is 13.0. The molecule has 18 heavy (non-hydrogen) atoms. The zero-order valence-electron chi connectivity index (χ0n) is 10.3. The quantitative estimate of drug-likeness (QED) is 0.583. The fraction of sp³-hybridized carbons (Fsp3) is 0.750. The number of rotatable bonds is 3. The van der Waals surface area contributed by atoms with Gasteiger partial charge in [0.05, 0.1) is 12.5 Å². The van der Waals surface area contributed by atoms with Gasteiger partial charge in [-0.05, 0) is 25.2 Å². The molecule has 104 valence electrons. The summed E-state index contributed by atoms with van der Waals surface area (Å²) < 4.78 is 43.7. The highest BCUT2D eigenvalue weighted by Crippen LogP contribution is 2.44. The minimum absolute atomic E-state index is 0.142. The Morgan fingerprint density at radius 2 is 2.17 bits per heavy atom. The summed E-state index contributed by atoms with van der Waals surface area (Å²) in [7, 11) is 0. The maximum Gasteiger partial charge on any atom is 0.392 e. The van der Waals surface area contributed by atoms with Crippen molar-refractivity contribution >= 4 is 21.9 Å².